The molecule has 0 saturated carbocycles. The number of thioether (sulfide) groups is 1. The molecule has 0 unspecified atom stereocenters. The monoisotopic (exact) mass is 429 g/mol. The minimum absolute atomic E-state index is 0.0586. The van der Waals surface area contributed by atoms with E-state index in [0.29, 0.717) is 11.7 Å². The topological polar surface area (TPSA) is 74.3 Å². The van der Waals surface area contributed by atoms with Crippen molar-refractivity contribution >= 4 is 39.9 Å². The Bertz CT molecular complexity index is 1320. The molecule has 1 amide bonds. The third-order valence-corrected chi connectivity index (χ3v) is 6.36. The highest BCUT2D eigenvalue weighted by Gasteiger charge is 2.19. The first-order valence-corrected chi connectivity index (χ1v) is 11.1. The van der Waals surface area contributed by atoms with Crippen LogP contribution in [0.5, 0.6) is 0 Å². The summed E-state index contributed by atoms with van der Waals surface area (Å²) in [5, 5.41) is 19.5. The first-order chi connectivity index (χ1) is 15.0. The number of para-hydroxylation sites is 1. The van der Waals surface area contributed by atoms with Gasteiger partial charge in [0.05, 0.1) is 23.8 Å². The molecule has 0 radical (unpaired) electrons. The Hall–Kier alpha value is -3.37. The Kier molecular flexibility index (Phi) is 5.92. The van der Waals surface area contributed by atoms with Gasteiger partial charge >= 0.3 is 0 Å². The Balaban J connectivity index is 1.62. The zero-order valence-electron chi connectivity index (χ0n) is 17.8. The summed E-state index contributed by atoms with van der Waals surface area (Å²) in [4.78, 5) is 14.8. The van der Waals surface area contributed by atoms with E-state index < -0.39 is 0 Å². The Morgan fingerprint density at radius 2 is 1.87 bits per heavy atom. The van der Waals surface area contributed by atoms with Crippen molar-refractivity contribution in [1.29, 1.82) is 5.26 Å². The van der Waals surface area contributed by atoms with Crippen LogP contribution in [0.15, 0.2) is 53.7 Å². The third-order valence-electron chi connectivity index (χ3n) is 5.45. The highest BCUT2D eigenvalue weighted by Crippen LogP contribution is 2.27. The number of carbonyl (C=O) groups is 1. The standard InChI is InChI=1S/C24H23N5OS/c1-16-9-10-19(13-17(16)2)28(12-6-11-25)23(30)15-31-24-27-26-22-14-18(3)20-7-4-5-8-21(20)29(22)24/h4-5,7-10,13-14H,6,12,15H2,1-3H3. The lowest BCUT2D eigenvalue weighted by Gasteiger charge is -2.22. The largest absolute Gasteiger partial charge is 0.311 e. The second kappa shape index (κ2) is 8.78. The number of fused-ring (bicyclic) bond motifs is 3. The number of anilines is 1. The average Bonchev–Trinajstić information content (AvgIpc) is 3.18. The fraction of sp³-hybridized carbons (Fsp3) is 0.250. The third kappa shape index (κ3) is 4.12. The number of hydrogen-bond acceptors (Lipinski definition) is 5. The van der Waals surface area contributed by atoms with E-state index in [1.807, 2.05) is 60.7 Å². The van der Waals surface area contributed by atoms with Crippen LogP contribution in [-0.2, 0) is 4.79 Å². The number of aryl methyl sites for hydroxylation is 3. The zero-order valence-corrected chi connectivity index (χ0v) is 18.6. The molecule has 4 rings (SSSR count). The van der Waals surface area contributed by atoms with E-state index in [9.17, 15) is 4.79 Å². The fourth-order valence-electron chi connectivity index (χ4n) is 3.63. The summed E-state index contributed by atoms with van der Waals surface area (Å²) in [7, 11) is 0. The molecule has 0 saturated heterocycles. The van der Waals surface area contributed by atoms with Gasteiger partial charge in [-0.3, -0.25) is 9.20 Å². The molecule has 2 heterocycles. The maximum absolute atomic E-state index is 13.1. The molecule has 0 aliphatic rings. The molecule has 31 heavy (non-hydrogen) atoms. The Morgan fingerprint density at radius 3 is 2.65 bits per heavy atom. The molecular weight excluding hydrogens is 406 g/mol. The molecule has 0 N–H and O–H groups in total. The molecule has 0 atom stereocenters. The second-order valence-electron chi connectivity index (χ2n) is 7.53. The van der Waals surface area contributed by atoms with Crippen LogP contribution in [0.4, 0.5) is 5.69 Å². The highest BCUT2D eigenvalue weighted by molar-refractivity contribution is 7.99. The van der Waals surface area contributed by atoms with Crippen molar-refractivity contribution in [3.05, 3.63) is 65.2 Å². The highest BCUT2D eigenvalue weighted by atomic mass is 32.2. The molecule has 6 nitrogen and oxygen atoms in total. The maximum atomic E-state index is 13.1. The van der Waals surface area contributed by atoms with E-state index in [2.05, 4.69) is 29.3 Å². The summed E-state index contributed by atoms with van der Waals surface area (Å²) < 4.78 is 2.00. The van der Waals surface area contributed by atoms with Crippen molar-refractivity contribution in [2.24, 2.45) is 0 Å². The average molecular weight is 430 g/mol. The molecule has 0 aliphatic heterocycles. The minimum Gasteiger partial charge on any atom is -0.311 e. The van der Waals surface area contributed by atoms with Gasteiger partial charge in [-0.2, -0.15) is 5.26 Å². The summed E-state index contributed by atoms with van der Waals surface area (Å²) >= 11 is 1.36. The number of benzene rings is 2. The van der Waals surface area contributed by atoms with Gasteiger partial charge in [-0.05, 0) is 61.7 Å². The van der Waals surface area contributed by atoms with Gasteiger partial charge in [-0.15, -0.1) is 10.2 Å². The van der Waals surface area contributed by atoms with Gasteiger partial charge in [0.2, 0.25) is 5.91 Å². The molecule has 2 aromatic carbocycles. The van der Waals surface area contributed by atoms with E-state index in [0.717, 1.165) is 33.4 Å². The molecular formula is C24H23N5OS. The van der Waals surface area contributed by atoms with Gasteiger partial charge in [0.15, 0.2) is 10.8 Å². The molecule has 7 heteroatoms. The van der Waals surface area contributed by atoms with Crippen LogP contribution in [0, 0.1) is 32.1 Å². The smallest absolute Gasteiger partial charge is 0.237 e. The van der Waals surface area contributed by atoms with E-state index in [1.54, 1.807) is 4.90 Å². The van der Waals surface area contributed by atoms with Gasteiger partial charge in [-0.25, -0.2) is 0 Å². The van der Waals surface area contributed by atoms with E-state index in [1.165, 1.54) is 17.3 Å². The van der Waals surface area contributed by atoms with Crippen LogP contribution in [0.2, 0.25) is 0 Å². The van der Waals surface area contributed by atoms with Gasteiger partial charge in [-0.1, -0.05) is 36.0 Å². The maximum Gasteiger partial charge on any atom is 0.237 e. The van der Waals surface area contributed by atoms with Crippen molar-refractivity contribution < 1.29 is 4.79 Å². The van der Waals surface area contributed by atoms with Gasteiger partial charge < -0.3 is 4.90 Å². The first kappa shape index (κ1) is 20.9. The number of rotatable bonds is 6. The Morgan fingerprint density at radius 1 is 1.06 bits per heavy atom. The van der Waals surface area contributed by atoms with Crippen molar-refractivity contribution in [3.8, 4) is 6.07 Å². The number of nitrogens with zero attached hydrogens (tertiary/aromatic N) is 5. The first-order valence-electron chi connectivity index (χ1n) is 10.1. The van der Waals surface area contributed by atoms with E-state index in [4.69, 9.17) is 5.26 Å². The SMILES string of the molecule is Cc1ccc(N(CCC#N)C(=O)CSc2nnc3cc(C)c4ccccc4n23)cc1C. The zero-order chi connectivity index (χ0) is 22.0. The van der Waals surface area contributed by atoms with Crippen LogP contribution in [0.1, 0.15) is 23.1 Å². The molecule has 4 aromatic rings. The number of amides is 1. The lowest BCUT2D eigenvalue weighted by atomic mass is 10.1. The lowest BCUT2D eigenvalue weighted by molar-refractivity contribution is -0.116. The Labute approximate surface area is 185 Å². The normalized spacial score (nSPS) is 11.0. The van der Waals surface area contributed by atoms with Crippen LogP contribution >= 0.6 is 11.8 Å². The molecule has 156 valence electrons. The van der Waals surface area contributed by atoms with Gasteiger partial charge in [0.25, 0.3) is 0 Å². The van der Waals surface area contributed by atoms with Crippen molar-refractivity contribution in [1.82, 2.24) is 14.6 Å². The van der Waals surface area contributed by atoms with Crippen molar-refractivity contribution in [2.45, 2.75) is 32.3 Å². The quantitative estimate of drug-likeness (QED) is 0.410. The van der Waals surface area contributed by atoms with Crippen LogP contribution in [0.3, 0.4) is 0 Å². The van der Waals surface area contributed by atoms with Crippen LogP contribution in [0.25, 0.3) is 16.6 Å². The molecule has 0 aliphatic carbocycles. The molecule has 2 aromatic heterocycles. The number of pyridine rings is 1. The number of carbonyl (C=O) groups excluding carboxylic acids is 1. The van der Waals surface area contributed by atoms with Crippen LogP contribution < -0.4 is 4.90 Å². The summed E-state index contributed by atoms with van der Waals surface area (Å²) in [5.74, 6) is 0.151. The second-order valence-corrected chi connectivity index (χ2v) is 8.47. The predicted octanol–water partition coefficient (Wildman–Crippen LogP) is 4.85. The minimum atomic E-state index is -0.0586. The van der Waals surface area contributed by atoms with Gasteiger partial charge in [0, 0.05) is 17.6 Å². The predicted molar refractivity (Wildman–Crippen MR) is 124 cm³/mol. The van der Waals surface area contributed by atoms with Gasteiger partial charge in [0.1, 0.15) is 0 Å². The van der Waals surface area contributed by atoms with Crippen molar-refractivity contribution in [3.63, 3.8) is 0 Å². The van der Waals surface area contributed by atoms with E-state index >= 15 is 0 Å². The van der Waals surface area contributed by atoms with Crippen LogP contribution in [-0.4, -0.2) is 32.8 Å². The number of aromatic nitrogens is 3. The summed E-state index contributed by atoms with van der Waals surface area (Å²) in [6.45, 7) is 6.49. The van der Waals surface area contributed by atoms with E-state index in [-0.39, 0.29) is 18.1 Å². The molecule has 0 bridgehead atoms. The molecule has 0 fully saturated rings. The fourth-order valence-corrected chi connectivity index (χ4v) is 4.45. The lowest BCUT2D eigenvalue weighted by Crippen LogP contribution is -2.33. The summed E-state index contributed by atoms with van der Waals surface area (Å²) in [6.07, 6.45) is 0.279. The van der Waals surface area contributed by atoms with Crippen molar-refractivity contribution in [2.75, 3.05) is 17.2 Å². The number of nitriles is 1. The summed E-state index contributed by atoms with van der Waals surface area (Å²) in [6, 6.07) is 18.2. The number of hydrogen-bond donors (Lipinski definition) is 0. The summed E-state index contributed by atoms with van der Waals surface area (Å²) in [5.41, 5.74) is 6.03. The molecule has 0 spiro atoms.